The normalized spacial score (nSPS) is 18.8. The average Bonchev–Trinajstić information content (AvgIpc) is 2.77. The Labute approximate surface area is 188 Å². The Balaban J connectivity index is 1.85. The zero-order valence-corrected chi connectivity index (χ0v) is 18.9. The number of allylic oxidation sites excluding steroid dienone is 1. The molecule has 0 aliphatic heterocycles. The van der Waals surface area contributed by atoms with Gasteiger partial charge in [-0.2, -0.15) is 13.5 Å². The van der Waals surface area contributed by atoms with Crippen LogP contribution in [0.3, 0.4) is 0 Å². The molecule has 1 fully saturated rings. The van der Waals surface area contributed by atoms with Gasteiger partial charge in [0.2, 0.25) is 0 Å². The molecule has 2 atom stereocenters. The van der Waals surface area contributed by atoms with Crippen LogP contribution in [0.1, 0.15) is 24.8 Å². The third kappa shape index (κ3) is 5.67. The minimum atomic E-state index is -3.87. The van der Waals surface area contributed by atoms with Gasteiger partial charge in [0.15, 0.2) is 0 Å². The number of carboxylic acid groups (broad SMARTS) is 1. The zero-order chi connectivity index (χ0) is 23.3. The van der Waals surface area contributed by atoms with Gasteiger partial charge in [-0.15, -0.1) is 0 Å². The number of sulfonamides is 1. The first-order valence-electron chi connectivity index (χ1n) is 10.1. The Hall–Kier alpha value is -3.33. The molecule has 2 aromatic carbocycles. The van der Waals surface area contributed by atoms with Crippen molar-refractivity contribution in [3.8, 4) is 5.75 Å². The summed E-state index contributed by atoms with van der Waals surface area (Å²) >= 11 is 0. The number of carbonyl (C=O) groups is 1. The van der Waals surface area contributed by atoms with Crippen LogP contribution < -0.4 is 14.9 Å². The van der Waals surface area contributed by atoms with E-state index in [2.05, 4.69) is 21.8 Å². The van der Waals surface area contributed by atoms with Crippen molar-refractivity contribution in [3.05, 3.63) is 66.2 Å². The van der Waals surface area contributed by atoms with Gasteiger partial charge in [0.05, 0.1) is 12.0 Å². The quantitative estimate of drug-likeness (QED) is 0.412. The highest BCUT2D eigenvalue weighted by Crippen LogP contribution is 2.30. The predicted octanol–water partition coefficient (Wildman–Crippen LogP) is 3.56. The molecular formula is C23H27N3O5S. The maximum atomic E-state index is 12.6. The highest BCUT2D eigenvalue weighted by molar-refractivity contribution is 7.89. The number of aryl methyl sites for hydroxylation is 1. The van der Waals surface area contributed by atoms with E-state index >= 15 is 0 Å². The molecule has 32 heavy (non-hydrogen) atoms. The highest BCUT2D eigenvalue weighted by atomic mass is 32.2. The van der Waals surface area contributed by atoms with E-state index < -0.39 is 28.0 Å². The third-order valence-corrected chi connectivity index (χ3v) is 6.62. The van der Waals surface area contributed by atoms with Crippen LogP contribution in [0.25, 0.3) is 0 Å². The van der Waals surface area contributed by atoms with Crippen LogP contribution in [0.4, 0.5) is 5.69 Å². The monoisotopic (exact) mass is 457 g/mol. The fourth-order valence-electron chi connectivity index (χ4n) is 3.56. The van der Waals surface area contributed by atoms with Crippen LogP contribution >= 0.6 is 0 Å². The number of rotatable bonds is 8. The van der Waals surface area contributed by atoms with E-state index in [1.807, 2.05) is 6.92 Å². The zero-order valence-electron chi connectivity index (χ0n) is 18.0. The molecule has 9 heteroatoms. The molecular weight excluding hydrogens is 430 g/mol. The summed E-state index contributed by atoms with van der Waals surface area (Å²) in [5.74, 6) is -0.965. The molecule has 0 aromatic heterocycles. The molecule has 8 nitrogen and oxygen atoms in total. The standard InChI is InChI=1S/C23H27N3O5S/c1-15-4-11-19(12-5-15)32(29,30)26-25-21-13-6-16(2)14-20(21)22(23(27)28)24-17-7-9-18(31-3)10-8-17/h4-5,7-12,20,22,24,26H,2,6,13-14H2,1,3H3,(H,27,28)/b25-21+/t20-,22+/m1/s1. The Morgan fingerprint density at radius 2 is 1.81 bits per heavy atom. The van der Waals surface area contributed by atoms with Crippen LogP contribution in [-0.4, -0.2) is 38.4 Å². The van der Waals surface area contributed by atoms with Gasteiger partial charge < -0.3 is 15.2 Å². The lowest BCUT2D eigenvalue weighted by atomic mass is 9.80. The Morgan fingerprint density at radius 1 is 1.16 bits per heavy atom. The summed E-state index contributed by atoms with van der Waals surface area (Å²) in [5.41, 5.74) is 2.92. The number of hydrogen-bond acceptors (Lipinski definition) is 6. The smallest absolute Gasteiger partial charge is 0.326 e. The minimum absolute atomic E-state index is 0.0929. The van der Waals surface area contributed by atoms with Gasteiger partial charge in [-0.25, -0.2) is 9.63 Å². The molecule has 2 aromatic rings. The van der Waals surface area contributed by atoms with E-state index in [9.17, 15) is 18.3 Å². The first-order valence-corrected chi connectivity index (χ1v) is 11.6. The van der Waals surface area contributed by atoms with Gasteiger partial charge in [-0.1, -0.05) is 29.8 Å². The van der Waals surface area contributed by atoms with Gasteiger partial charge in [0, 0.05) is 17.3 Å². The highest BCUT2D eigenvalue weighted by Gasteiger charge is 2.35. The molecule has 1 saturated carbocycles. The molecule has 0 heterocycles. The Morgan fingerprint density at radius 3 is 2.41 bits per heavy atom. The van der Waals surface area contributed by atoms with Gasteiger partial charge in [0.1, 0.15) is 11.8 Å². The SMILES string of the molecule is C=C1CC/C(=N\NS(=O)(=O)c2ccc(C)cc2)[C@H]([C@H](Nc2ccc(OC)cc2)C(=O)O)C1. The van der Waals surface area contributed by atoms with E-state index in [-0.39, 0.29) is 4.90 Å². The van der Waals surface area contributed by atoms with Crippen LogP contribution in [0.5, 0.6) is 5.75 Å². The van der Waals surface area contributed by atoms with E-state index in [1.165, 1.54) is 12.1 Å². The van der Waals surface area contributed by atoms with Crippen molar-refractivity contribution in [3.63, 3.8) is 0 Å². The van der Waals surface area contributed by atoms with Crippen molar-refractivity contribution in [2.75, 3.05) is 12.4 Å². The molecule has 170 valence electrons. The van der Waals surface area contributed by atoms with Gasteiger partial charge in [0.25, 0.3) is 10.0 Å². The van der Waals surface area contributed by atoms with Crippen LogP contribution in [-0.2, 0) is 14.8 Å². The number of carboxylic acids is 1. The van der Waals surface area contributed by atoms with Crippen molar-refractivity contribution in [1.29, 1.82) is 0 Å². The number of hydrogen-bond donors (Lipinski definition) is 3. The summed E-state index contributed by atoms with van der Waals surface area (Å²) in [6.45, 7) is 5.87. The summed E-state index contributed by atoms with van der Waals surface area (Å²) in [5, 5.41) is 17.1. The van der Waals surface area contributed by atoms with E-state index in [0.717, 1.165) is 11.1 Å². The first-order chi connectivity index (χ1) is 15.2. The summed E-state index contributed by atoms with van der Waals surface area (Å²) < 4.78 is 30.4. The maximum absolute atomic E-state index is 12.6. The molecule has 3 N–H and O–H groups in total. The van der Waals surface area contributed by atoms with Crippen molar-refractivity contribution >= 4 is 27.4 Å². The predicted molar refractivity (Wildman–Crippen MR) is 123 cm³/mol. The average molecular weight is 458 g/mol. The lowest BCUT2D eigenvalue weighted by Crippen LogP contribution is -2.43. The third-order valence-electron chi connectivity index (χ3n) is 5.39. The number of nitrogens with one attached hydrogen (secondary N) is 2. The first kappa shape index (κ1) is 23.3. The summed E-state index contributed by atoms with van der Waals surface area (Å²) in [6, 6.07) is 12.3. The number of hydrazone groups is 1. The fraction of sp³-hybridized carbons (Fsp3) is 0.304. The van der Waals surface area contributed by atoms with Crippen molar-refractivity contribution in [2.45, 2.75) is 37.1 Å². The second-order valence-electron chi connectivity index (χ2n) is 7.76. The summed E-state index contributed by atoms with van der Waals surface area (Å²) in [7, 11) is -2.32. The number of methoxy groups -OCH3 is 1. The molecule has 1 aliphatic rings. The molecule has 1 aliphatic carbocycles. The van der Waals surface area contributed by atoms with Crippen LogP contribution in [0.2, 0.25) is 0 Å². The number of anilines is 1. The summed E-state index contributed by atoms with van der Waals surface area (Å²) in [6.07, 6.45) is 1.44. The van der Waals surface area contributed by atoms with E-state index in [1.54, 1.807) is 43.5 Å². The van der Waals surface area contributed by atoms with Gasteiger partial charge in [-0.05, 0) is 62.6 Å². The molecule has 0 amide bonds. The molecule has 0 spiro atoms. The van der Waals surface area contributed by atoms with Gasteiger partial charge >= 0.3 is 5.97 Å². The summed E-state index contributed by atoms with van der Waals surface area (Å²) in [4.78, 5) is 14.5. The molecule has 0 bridgehead atoms. The van der Waals surface area contributed by atoms with Crippen molar-refractivity contribution in [1.82, 2.24) is 4.83 Å². The molecule has 0 unspecified atom stereocenters. The molecule has 0 radical (unpaired) electrons. The second-order valence-corrected chi connectivity index (χ2v) is 9.42. The van der Waals surface area contributed by atoms with E-state index in [4.69, 9.17) is 4.74 Å². The fourth-order valence-corrected chi connectivity index (χ4v) is 4.40. The number of ether oxygens (including phenoxy) is 1. The number of aliphatic carboxylic acids is 1. The lowest BCUT2D eigenvalue weighted by molar-refractivity contribution is -0.138. The van der Waals surface area contributed by atoms with E-state index in [0.29, 0.717) is 36.4 Å². The van der Waals surface area contributed by atoms with Crippen LogP contribution in [0, 0.1) is 12.8 Å². The Bertz CT molecular complexity index is 1110. The molecule has 0 saturated heterocycles. The molecule has 3 rings (SSSR count). The van der Waals surface area contributed by atoms with Crippen LogP contribution in [0.15, 0.2) is 70.7 Å². The lowest BCUT2D eigenvalue weighted by Gasteiger charge is -2.31. The van der Waals surface area contributed by atoms with Gasteiger partial charge in [-0.3, -0.25) is 0 Å². The van der Waals surface area contributed by atoms with Crippen molar-refractivity contribution < 1.29 is 23.1 Å². The maximum Gasteiger partial charge on any atom is 0.326 e. The topological polar surface area (TPSA) is 117 Å². The Kier molecular flexibility index (Phi) is 7.19. The minimum Gasteiger partial charge on any atom is -0.497 e. The number of nitrogens with zero attached hydrogens (tertiary/aromatic N) is 1. The second kappa shape index (κ2) is 9.86. The number of benzene rings is 2. The largest absolute Gasteiger partial charge is 0.497 e. The van der Waals surface area contributed by atoms with Crippen molar-refractivity contribution in [2.24, 2.45) is 11.0 Å².